The van der Waals surface area contributed by atoms with Crippen molar-refractivity contribution in [3.63, 3.8) is 0 Å². The number of nitrogens with zero attached hydrogens (tertiary/aromatic N) is 2. The summed E-state index contributed by atoms with van der Waals surface area (Å²) >= 11 is 0. The van der Waals surface area contributed by atoms with Gasteiger partial charge in [-0.2, -0.15) is 0 Å². The maximum Gasteiger partial charge on any atom is 0.255 e. The van der Waals surface area contributed by atoms with E-state index >= 15 is 0 Å². The minimum Gasteiger partial charge on any atom is -0.493 e. The van der Waals surface area contributed by atoms with Crippen molar-refractivity contribution < 1.29 is 14.3 Å². The standard InChI is InChI=1S/C28H29N3O3/c1-18-9-7-10-19(15-18)20-11-5-6-12-21(20)26(32)31-14-8-13-28(31,2)27-29-22-16-24(33-3)25(34-4)17-23(22)30-27/h5-7,9-12,15-17H,8,13-14H2,1-4H3,(H,29,30). The quantitative estimate of drug-likeness (QED) is 0.419. The van der Waals surface area contributed by atoms with E-state index in [1.807, 2.05) is 47.4 Å². The summed E-state index contributed by atoms with van der Waals surface area (Å²) in [6.45, 7) is 4.84. The van der Waals surface area contributed by atoms with E-state index in [4.69, 9.17) is 14.5 Å². The fraction of sp³-hybridized carbons (Fsp3) is 0.286. The van der Waals surface area contributed by atoms with Crippen LogP contribution in [0.3, 0.4) is 0 Å². The Labute approximate surface area is 199 Å². The van der Waals surface area contributed by atoms with E-state index in [1.165, 1.54) is 5.56 Å². The summed E-state index contributed by atoms with van der Waals surface area (Å²) in [5.74, 6) is 2.07. The number of aromatic nitrogens is 2. The highest BCUT2D eigenvalue weighted by atomic mass is 16.5. The summed E-state index contributed by atoms with van der Waals surface area (Å²) in [5, 5.41) is 0. The van der Waals surface area contributed by atoms with Crippen molar-refractivity contribution in [1.29, 1.82) is 0 Å². The second-order valence-corrected chi connectivity index (χ2v) is 9.06. The number of hydrogen-bond donors (Lipinski definition) is 1. The van der Waals surface area contributed by atoms with E-state index in [0.717, 1.165) is 40.8 Å². The minimum absolute atomic E-state index is 0.0210. The first-order chi connectivity index (χ1) is 16.4. The molecule has 5 rings (SSSR count). The maximum atomic E-state index is 14.0. The minimum atomic E-state index is -0.545. The molecule has 0 bridgehead atoms. The zero-order chi connectivity index (χ0) is 23.9. The highest BCUT2D eigenvalue weighted by molar-refractivity contribution is 6.01. The van der Waals surface area contributed by atoms with E-state index in [9.17, 15) is 4.79 Å². The molecule has 1 aliphatic heterocycles. The van der Waals surface area contributed by atoms with Gasteiger partial charge in [0.15, 0.2) is 11.5 Å². The fourth-order valence-corrected chi connectivity index (χ4v) is 5.01. The maximum absolute atomic E-state index is 14.0. The number of rotatable bonds is 5. The largest absolute Gasteiger partial charge is 0.493 e. The molecular formula is C28H29N3O3. The Morgan fingerprint density at radius 2 is 1.79 bits per heavy atom. The second-order valence-electron chi connectivity index (χ2n) is 9.06. The van der Waals surface area contributed by atoms with Gasteiger partial charge in [-0.25, -0.2) is 4.98 Å². The highest BCUT2D eigenvalue weighted by Crippen LogP contribution is 2.41. The van der Waals surface area contributed by atoms with E-state index in [0.29, 0.717) is 23.6 Å². The molecule has 0 radical (unpaired) electrons. The molecule has 1 saturated heterocycles. The normalized spacial score (nSPS) is 17.8. The van der Waals surface area contributed by atoms with Crippen LogP contribution in [0, 0.1) is 6.92 Å². The molecular weight excluding hydrogens is 426 g/mol. The van der Waals surface area contributed by atoms with Crippen LogP contribution in [0.5, 0.6) is 11.5 Å². The topological polar surface area (TPSA) is 67.5 Å². The third-order valence-electron chi connectivity index (χ3n) is 6.87. The van der Waals surface area contributed by atoms with Crippen molar-refractivity contribution in [2.24, 2.45) is 0 Å². The Hall–Kier alpha value is -3.80. The van der Waals surface area contributed by atoms with Crippen LogP contribution in [0.4, 0.5) is 0 Å². The summed E-state index contributed by atoms with van der Waals surface area (Å²) in [6.07, 6.45) is 1.75. The van der Waals surface area contributed by atoms with Gasteiger partial charge in [0, 0.05) is 24.2 Å². The van der Waals surface area contributed by atoms with Gasteiger partial charge in [-0.1, -0.05) is 48.0 Å². The molecule has 1 atom stereocenters. The lowest BCUT2D eigenvalue weighted by molar-refractivity contribution is 0.0607. The van der Waals surface area contributed by atoms with Gasteiger partial charge in [0.05, 0.1) is 30.8 Å². The number of ether oxygens (including phenoxy) is 2. The van der Waals surface area contributed by atoms with Gasteiger partial charge < -0.3 is 19.4 Å². The molecule has 1 fully saturated rings. The molecule has 3 aromatic carbocycles. The zero-order valence-corrected chi connectivity index (χ0v) is 20.0. The molecule has 0 saturated carbocycles. The van der Waals surface area contributed by atoms with E-state index in [1.54, 1.807) is 14.2 Å². The highest BCUT2D eigenvalue weighted by Gasteiger charge is 2.44. The summed E-state index contributed by atoms with van der Waals surface area (Å²) < 4.78 is 10.9. The number of nitrogens with one attached hydrogen (secondary N) is 1. The van der Waals surface area contributed by atoms with Crippen LogP contribution in [0.25, 0.3) is 22.2 Å². The number of fused-ring (bicyclic) bond motifs is 1. The molecule has 0 aliphatic carbocycles. The SMILES string of the molecule is COc1cc2nc(C3(C)CCCN3C(=O)c3ccccc3-c3cccc(C)c3)[nH]c2cc1OC. The molecule has 6 nitrogen and oxygen atoms in total. The predicted molar refractivity (Wildman–Crippen MR) is 133 cm³/mol. The molecule has 34 heavy (non-hydrogen) atoms. The molecule has 174 valence electrons. The van der Waals surface area contributed by atoms with Crippen LogP contribution in [-0.2, 0) is 5.54 Å². The average molecular weight is 456 g/mol. The van der Waals surface area contributed by atoms with Gasteiger partial charge in [0.2, 0.25) is 0 Å². The Bertz CT molecular complexity index is 1340. The molecule has 1 aliphatic rings. The number of likely N-dealkylation sites (tertiary alicyclic amines) is 1. The lowest BCUT2D eigenvalue weighted by Gasteiger charge is -2.34. The van der Waals surface area contributed by atoms with Crippen LogP contribution < -0.4 is 9.47 Å². The van der Waals surface area contributed by atoms with Crippen molar-refractivity contribution >= 4 is 16.9 Å². The molecule has 1 unspecified atom stereocenters. The molecule has 1 aromatic heterocycles. The molecule has 1 N–H and O–H groups in total. The van der Waals surface area contributed by atoms with Gasteiger partial charge >= 0.3 is 0 Å². The number of methoxy groups -OCH3 is 2. The molecule has 0 spiro atoms. The fourth-order valence-electron chi connectivity index (χ4n) is 5.01. The summed E-state index contributed by atoms with van der Waals surface area (Å²) in [4.78, 5) is 24.3. The van der Waals surface area contributed by atoms with Crippen molar-refractivity contribution in [1.82, 2.24) is 14.9 Å². The third kappa shape index (κ3) is 3.59. The van der Waals surface area contributed by atoms with Crippen LogP contribution in [0.1, 0.15) is 41.5 Å². The van der Waals surface area contributed by atoms with Crippen LogP contribution in [0.15, 0.2) is 60.7 Å². The number of H-pyrrole nitrogens is 1. The van der Waals surface area contributed by atoms with Gasteiger partial charge in [0.25, 0.3) is 5.91 Å². The summed E-state index contributed by atoms with van der Waals surface area (Å²) in [5.41, 5.74) is 4.97. The number of carbonyl (C=O) groups excluding carboxylic acids is 1. The van der Waals surface area contributed by atoms with Gasteiger partial charge in [0.1, 0.15) is 5.82 Å². The smallest absolute Gasteiger partial charge is 0.255 e. The Morgan fingerprint density at radius 1 is 1.03 bits per heavy atom. The Balaban J connectivity index is 1.55. The van der Waals surface area contributed by atoms with Gasteiger partial charge in [-0.05, 0) is 43.9 Å². The monoisotopic (exact) mass is 455 g/mol. The van der Waals surface area contributed by atoms with Gasteiger partial charge in [-0.3, -0.25) is 4.79 Å². The van der Waals surface area contributed by atoms with Crippen molar-refractivity contribution in [2.45, 2.75) is 32.2 Å². The molecule has 6 heteroatoms. The third-order valence-corrected chi connectivity index (χ3v) is 6.87. The molecule has 4 aromatic rings. The van der Waals surface area contributed by atoms with Crippen molar-refractivity contribution in [2.75, 3.05) is 20.8 Å². The second kappa shape index (κ2) is 8.52. The summed E-state index contributed by atoms with van der Waals surface area (Å²) in [7, 11) is 3.23. The number of imidazole rings is 1. The number of aromatic amines is 1. The lowest BCUT2D eigenvalue weighted by Crippen LogP contribution is -2.43. The molecule has 2 heterocycles. The first kappa shape index (κ1) is 22.0. The zero-order valence-electron chi connectivity index (χ0n) is 20.0. The van der Waals surface area contributed by atoms with Crippen molar-refractivity contribution in [3.05, 3.63) is 77.6 Å². The van der Waals surface area contributed by atoms with E-state index in [2.05, 4.69) is 37.0 Å². The number of benzene rings is 3. The number of amides is 1. The van der Waals surface area contributed by atoms with Crippen LogP contribution in [0.2, 0.25) is 0 Å². The Morgan fingerprint density at radius 3 is 2.56 bits per heavy atom. The number of aryl methyl sites for hydroxylation is 1. The number of hydrogen-bond acceptors (Lipinski definition) is 4. The number of carbonyl (C=O) groups is 1. The average Bonchev–Trinajstić information content (AvgIpc) is 3.46. The Kier molecular flexibility index (Phi) is 5.52. The predicted octanol–water partition coefficient (Wildman–Crippen LogP) is 5.71. The van der Waals surface area contributed by atoms with E-state index in [-0.39, 0.29) is 5.91 Å². The van der Waals surface area contributed by atoms with Crippen LogP contribution >= 0.6 is 0 Å². The van der Waals surface area contributed by atoms with E-state index < -0.39 is 5.54 Å². The van der Waals surface area contributed by atoms with Gasteiger partial charge in [-0.15, -0.1) is 0 Å². The van der Waals surface area contributed by atoms with Crippen LogP contribution in [-0.4, -0.2) is 41.5 Å². The molecule has 1 amide bonds. The first-order valence-electron chi connectivity index (χ1n) is 11.5. The first-order valence-corrected chi connectivity index (χ1v) is 11.5. The lowest BCUT2D eigenvalue weighted by atomic mass is 9.94. The van der Waals surface area contributed by atoms with Crippen molar-refractivity contribution in [3.8, 4) is 22.6 Å². The summed E-state index contributed by atoms with van der Waals surface area (Å²) in [6, 6.07) is 19.9.